The lowest BCUT2D eigenvalue weighted by atomic mass is 10.1. The van der Waals surface area contributed by atoms with Crippen LogP contribution in [0.2, 0.25) is 0 Å². The van der Waals surface area contributed by atoms with E-state index in [0.29, 0.717) is 18.2 Å². The number of amides is 1. The van der Waals surface area contributed by atoms with Gasteiger partial charge in [-0.2, -0.15) is 5.10 Å². The van der Waals surface area contributed by atoms with Gasteiger partial charge in [-0.05, 0) is 37.8 Å². The number of aromatic nitrogens is 2. The van der Waals surface area contributed by atoms with E-state index in [0.717, 1.165) is 29.3 Å². The van der Waals surface area contributed by atoms with E-state index in [1.165, 1.54) is 0 Å². The van der Waals surface area contributed by atoms with Gasteiger partial charge in [0.15, 0.2) is 5.69 Å². The molecule has 0 saturated heterocycles. The van der Waals surface area contributed by atoms with Crippen LogP contribution in [0.15, 0.2) is 18.2 Å². The van der Waals surface area contributed by atoms with Crippen molar-refractivity contribution in [3.05, 3.63) is 29.5 Å². The van der Waals surface area contributed by atoms with Crippen LogP contribution in [0.3, 0.4) is 0 Å². The van der Waals surface area contributed by atoms with Crippen molar-refractivity contribution in [2.75, 3.05) is 6.54 Å². The molecule has 1 saturated carbocycles. The summed E-state index contributed by atoms with van der Waals surface area (Å²) in [5.74, 6) is 0.403. The van der Waals surface area contributed by atoms with E-state index < -0.39 is 0 Å². The van der Waals surface area contributed by atoms with Gasteiger partial charge in [0.05, 0.1) is 5.52 Å². The number of carbonyl (C=O) groups is 1. The van der Waals surface area contributed by atoms with E-state index in [-0.39, 0.29) is 11.9 Å². The fourth-order valence-electron chi connectivity index (χ4n) is 2.41. The number of nitrogens with two attached hydrogens (primary N) is 1. The number of hydrogen-bond donors (Lipinski definition) is 3. The number of aryl methyl sites for hydroxylation is 1. The first-order chi connectivity index (χ1) is 9.19. The van der Waals surface area contributed by atoms with Crippen molar-refractivity contribution in [2.45, 2.75) is 25.8 Å². The first-order valence-corrected chi connectivity index (χ1v) is 6.64. The van der Waals surface area contributed by atoms with Crippen LogP contribution in [0.4, 0.5) is 0 Å². The van der Waals surface area contributed by atoms with Crippen LogP contribution < -0.4 is 11.1 Å². The van der Waals surface area contributed by atoms with Crippen LogP contribution in [0, 0.1) is 12.8 Å². The molecule has 1 aromatic heterocycles. The summed E-state index contributed by atoms with van der Waals surface area (Å²) < 4.78 is 0. The molecule has 0 spiro atoms. The number of aromatic amines is 1. The summed E-state index contributed by atoms with van der Waals surface area (Å²) in [5, 5.41) is 10.9. The molecule has 100 valence electrons. The first kappa shape index (κ1) is 12.2. The molecule has 1 atom stereocenters. The molecule has 1 aromatic carbocycles. The fraction of sp³-hybridized carbons (Fsp3) is 0.429. The minimum absolute atomic E-state index is 0.0732. The van der Waals surface area contributed by atoms with Crippen LogP contribution in [-0.2, 0) is 0 Å². The lowest BCUT2D eigenvalue weighted by Crippen LogP contribution is -2.41. The summed E-state index contributed by atoms with van der Waals surface area (Å²) >= 11 is 0. The van der Waals surface area contributed by atoms with Gasteiger partial charge in [-0.3, -0.25) is 9.89 Å². The van der Waals surface area contributed by atoms with Crippen molar-refractivity contribution < 1.29 is 4.79 Å². The van der Waals surface area contributed by atoms with Crippen molar-refractivity contribution in [3.63, 3.8) is 0 Å². The Morgan fingerprint density at radius 2 is 2.37 bits per heavy atom. The van der Waals surface area contributed by atoms with Gasteiger partial charge in [0.1, 0.15) is 0 Å². The second-order valence-corrected chi connectivity index (χ2v) is 5.27. The lowest BCUT2D eigenvalue weighted by Gasteiger charge is -2.15. The molecular formula is C14H18N4O. The molecule has 1 fully saturated rings. The molecule has 1 heterocycles. The molecule has 1 aliphatic carbocycles. The Labute approximate surface area is 111 Å². The number of rotatable bonds is 4. The molecule has 0 bridgehead atoms. The maximum Gasteiger partial charge on any atom is 0.272 e. The van der Waals surface area contributed by atoms with Gasteiger partial charge in [-0.1, -0.05) is 11.6 Å². The van der Waals surface area contributed by atoms with Gasteiger partial charge < -0.3 is 11.1 Å². The number of H-pyrrole nitrogens is 1. The zero-order chi connectivity index (χ0) is 13.4. The van der Waals surface area contributed by atoms with Crippen molar-refractivity contribution in [3.8, 4) is 0 Å². The zero-order valence-electron chi connectivity index (χ0n) is 10.9. The Balaban J connectivity index is 1.86. The third-order valence-corrected chi connectivity index (χ3v) is 3.69. The topological polar surface area (TPSA) is 83.8 Å². The largest absolute Gasteiger partial charge is 0.346 e. The number of hydrogen-bond acceptors (Lipinski definition) is 3. The molecule has 2 aromatic rings. The standard InChI is InChI=1S/C14H18N4O/c1-8-2-5-11-10(6-8)13(18-17-11)14(19)16-12(7-15)9-3-4-9/h2,5-6,9,12H,3-4,7,15H2,1H3,(H,16,19)(H,17,18)/t12-/m1/s1. The Bertz CT molecular complexity index is 615. The molecule has 4 N–H and O–H groups in total. The van der Waals surface area contributed by atoms with Gasteiger partial charge in [-0.25, -0.2) is 0 Å². The molecule has 0 unspecified atom stereocenters. The molecule has 3 rings (SSSR count). The maximum absolute atomic E-state index is 12.3. The van der Waals surface area contributed by atoms with E-state index >= 15 is 0 Å². The minimum Gasteiger partial charge on any atom is -0.346 e. The lowest BCUT2D eigenvalue weighted by molar-refractivity contribution is 0.0930. The average molecular weight is 258 g/mol. The highest BCUT2D eigenvalue weighted by molar-refractivity contribution is 6.04. The molecule has 0 radical (unpaired) electrons. The predicted molar refractivity (Wildman–Crippen MR) is 73.9 cm³/mol. The SMILES string of the molecule is Cc1ccc2[nH]nc(C(=O)N[C@H](CN)C3CC3)c2c1. The Kier molecular flexibility index (Phi) is 2.98. The summed E-state index contributed by atoms with van der Waals surface area (Å²) in [6, 6.07) is 5.98. The number of nitrogens with one attached hydrogen (secondary N) is 2. The quantitative estimate of drug-likeness (QED) is 0.773. The Morgan fingerprint density at radius 1 is 1.58 bits per heavy atom. The summed E-state index contributed by atoms with van der Waals surface area (Å²) in [6.45, 7) is 2.48. The Morgan fingerprint density at radius 3 is 3.05 bits per heavy atom. The number of nitrogens with zero attached hydrogens (tertiary/aromatic N) is 1. The van der Waals surface area contributed by atoms with E-state index in [4.69, 9.17) is 5.73 Å². The van der Waals surface area contributed by atoms with Gasteiger partial charge in [0, 0.05) is 18.0 Å². The monoisotopic (exact) mass is 258 g/mol. The zero-order valence-corrected chi connectivity index (χ0v) is 10.9. The summed E-state index contributed by atoms with van der Waals surface area (Å²) in [6.07, 6.45) is 2.31. The normalized spacial score (nSPS) is 16.5. The molecule has 0 aliphatic heterocycles. The van der Waals surface area contributed by atoms with Crippen molar-refractivity contribution in [1.82, 2.24) is 15.5 Å². The smallest absolute Gasteiger partial charge is 0.272 e. The number of carbonyl (C=O) groups excluding carboxylic acids is 1. The van der Waals surface area contributed by atoms with E-state index in [1.54, 1.807) is 0 Å². The van der Waals surface area contributed by atoms with Crippen molar-refractivity contribution >= 4 is 16.8 Å². The van der Waals surface area contributed by atoms with Crippen LogP contribution in [-0.4, -0.2) is 28.7 Å². The molecule has 5 nitrogen and oxygen atoms in total. The molecular weight excluding hydrogens is 240 g/mol. The molecule has 1 aliphatic rings. The summed E-state index contributed by atoms with van der Waals surface area (Å²) in [4.78, 5) is 12.3. The first-order valence-electron chi connectivity index (χ1n) is 6.64. The number of fused-ring (bicyclic) bond motifs is 1. The van der Waals surface area contributed by atoms with Crippen LogP contribution in [0.25, 0.3) is 10.9 Å². The average Bonchev–Trinajstić information content (AvgIpc) is 3.15. The van der Waals surface area contributed by atoms with E-state index in [2.05, 4.69) is 15.5 Å². The molecule has 5 heteroatoms. The molecule has 1 amide bonds. The Hall–Kier alpha value is -1.88. The van der Waals surface area contributed by atoms with E-state index in [9.17, 15) is 4.79 Å². The molecule has 19 heavy (non-hydrogen) atoms. The van der Waals surface area contributed by atoms with Gasteiger partial charge in [0.2, 0.25) is 0 Å². The van der Waals surface area contributed by atoms with E-state index in [1.807, 2.05) is 25.1 Å². The third kappa shape index (κ3) is 2.33. The number of benzene rings is 1. The summed E-state index contributed by atoms with van der Waals surface area (Å²) in [7, 11) is 0. The van der Waals surface area contributed by atoms with Crippen LogP contribution >= 0.6 is 0 Å². The second kappa shape index (κ2) is 4.66. The highest BCUT2D eigenvalue weighted by Crippen LogP contribution is 2.32. The highest BCUT2D eigenvalue weighted by Gasteiger charge is 2.32. The predicted octanol–water partition coefficient (Wildman–Crippen LogP) is 1.34. The third-order valence-electron chi connectivity index (χ3n) is 3.69. The second-order valence-electron chi connectivity index (χ2n) is 5.27. The van der Waals surface area contributed by atoms with Crippen molar-refractivity contribution in [2.24, 2.45) is 11.7 Å². The summed E-state index contributed by atoms with van der Waals surface area (Å²) in [5.41, 5.74) is 8.16. The fourth-order valence-corrected chi connectivity index (χ4v) is 2.41. The van der Waals surface area contributed by atoms with Crippen LogP contribution in [0.5, 0.6) is 0 Å². The van der Waals surface area contributed by atoms with Gasteiger partial charge >= 0.3 is 0 Å². The highest BCUT2D eigenvalue weighted by atomic mass is 16.2. The maximum atomic E-state index is 12.3. The van der Waals surface area contributed by atoms with Gasteiger partial charge in [-0.15, -0.1) is 0 Å². The van der Waals surface area contributed by atoms with Gasteiger partial charge in [0.25, 0.3) is 5.91 Å². The van der Waals surface area contributed by atoms with Crippen LogP contribution in [0.1, 0.15) is 28.9 Å². The van der Waals surface area contributed by atoms with Crippen molar-refractivity contribution in [1.29, 1.82) is 0 Å². The minimum atomic E-state index is -0.140.